The number of anilines is 2. The van der Waals surface area contributed by atoms with Crippen LogP contribution in [0.15, 0.2) is 41.3 Å². The Balaban J connectivity index is 1.38. The highest BCUT2D eigenvalue weighted by atomic mass is 79.9. The number of carbonyl (C=O) groups excluding carboxylic acids is 2. The summed E-state index contributed by atoms with van der Waals surface area (Å²) in [5.74, 6) is -0.240. The van der Waals surface area contributed by atoms with Gasteiger partial charge in [0.25, 0.3) is 0 Å². The van der Waals surface area contributed by atoms with Crippen LogP contribution in [0.4, 0.5) is 16.0 Å². The molecule has 3 atom stereocenters. The van der Waals surface area contributed by atoms with Crippen molar-refractivity contribution >= 4 is 61.3 Å². The van der Waals surface area contributed by atoms with Crippen molar-refractivity contribution in [3.63, 3.8) is 0 Å². The summed E-state index contributed by atoms with van der Waals surface area (Å²) >= 11 is 3.31. The Kier molecular flexibility index (Phi) is 5.34. The molecule has 12 heteroatoms. The van der Waals surface area contributed by atoms with Gasteiger partial charge in [-0.15, -0.1) is 0 Å². The van der Waals surface area contributed by atoms with Crippen molar-refractivity contribution in [3.05, 3.63) is 47.1 Å². The Morgan fingerprint density at radius 3 is 2.86 bits per heavy atom. The molecule has 0 bridgehead atoms. The summed E-state index contributed by atoms with van der Waals surface area (Å²) in [6.45, 7) is 1.95. The summed E-state index contributed by atoms with van der Waals surface area (Å²) in [5.41, 5.74) is 6.89. The average Bonchev–Trinajstić information content (AvgIpc) is 3.26. The smallest absolute Gasteiger partial charge is 0.248 e. The van der Waals surface area contributed by atoms with Crippen molar-refractivity contribution in [1.82, 2.24) is 24.4 Å². The van der Waals surface area contributed by atoms with E-state index in [-0.39, 0.29) is 41.4 Å². The second kappa shape index (κ2) is 8.37. The van der Waals surface area contributed by atoms with Gasteiger partial charge in [0.1, 0.15) is 52.4 Å². The molecule has 190 valence electrons. The number of hydrogen-bond donors (Lipinski definition) is 2. The first-order valence-electron chi connectivity index (χ1n) is 11.7. The van der Waals surface area contributed by atoms with Gasteiger partial charge in [-0.1, -0.05) is 13.0 Å². The highest BCUT2D eigenvalue weighted by Crippen LogP contribution is 2.59. The standard InChI is InChI=1S/C25H23BrFN7O3/c1-25-8-14(24(36)32-18-5-3-4-17(26)31-18)34(16(25)9-25)19(35)10-33-21-13(6-12(27)7-15(21)37-2)20-22(28)29-11-30-23(20)33/h3-7,11,14,16H,8-10H2,1-2H3,(H2,28,29,30)(H,31,32,36)/t14-,16+,25-/m0/s1. The van der Waals surface area contributed by atoms with Crippen molar-refractivity contribution in [3.8, 4) is 5.75 Å². The molecule has 6 rings (SSSR count). The van der Waals surface area contributed by atoms with Gasteiger partial charge in [0.2, 0.25) is 11.8 Å². The topological polar surface area (TPSA) is 128 Å². The van der Waals surface area contributed by atoms with Crippen LogP contribution in [-0.2, 0) is 16.1 Å². The SMILES string of the molecule is COc1cc(F)cc2c3c(N)ncnc3n(CC(=O)N3[C@H](C(=O)Nc4cccc(Br)n4)C[C@@]4(C)C[C@@H]34)c12. The predicted octanol–water partition coefficient (Wildman–Crippen LogP) is 3.49. The number of nitrogen functional groups attached to an aromatic ring is 1. The van der Waals surface area contributed by atoms with Crippen LogP contribution in [0, 0.1) is 11.2 Å². The summed E-state index contributed by atoms with van der Waals surface area (Å²) in [5, 5.41) is 3.73. The maximum absolute atomic E-state index is 14.4. The summed E-state index contributed by atoms with van der Waals surface area (Å²) in [7, 11) is 1.43. The second-order valence-electron chi connectivity index (χ2n) is 9.78. The number of nitrogens with zero attached hydrogens (tertiary/aromatic N) is 5. The average molecular weight is 568 g/mol. The quantitative estimate of drug-likeness (QED) is 0.353. The number of benzene rings is 1. The van der Waals surface area contributed by atoms with Crippen LogP contribution in [0.3, 0.4) is 0 Å². The summed E-state index contributed by atoms with van der Waals surface area (Å²) in [6.07, 6.45) is 2.68. The number of amides is 2. The van der Waals surface area contributed by atoms with Crippen molar-refractivity contribution in [2.75, 3.05) is 18.2 Å². The molecule has 3 aromatic heterocycles. The monoisotopic (exact) mass is 567 g/mol. The molecule has 4 aromatic rings. The molecule has 2 aliphatic rings. The Bertz CT molecular complexity index is 1610. The first-order valence-corrected chi connectivity index (χ1v) is 12.5. The van der Waals surface area contributed by atoms with Gasteiger partial charge in [-0.05, 0) is 52.4 Å². The van der Waals surface area contributed by atoms with E-state index >= 15 is 0 Å². The van der Waals surface area contributed by atoms with Gasteiger partial charge < -0.3 is 25.3 Å². The van der Waals surface area contributed by atoms with E-state index in [4.69, 9.17) is 10.5 Å². The fraction of sp³-hybridized carbons (Fsp3) is 0.320. The van der Waals surface area contributed by atoms with Crippen LogP contribution in [0.1, 0.15) is 19.8 Å². The van der Waals surface area contributed by atoms with Crippen LogP contribution in [-0.4, -0.2) is 55.4 Å². The van der Waals surface area contributed by atoms with E-state index in [9.17, 15) is 14.0 Å². The normalized spacial score (nSPS) is 22.3. The lowest BCUT2D eigenvalue weighted by molar-refractivity contribution is -0.138. The molecule has 0 unspecified atom stereocenters. The molecular formula is C25H23BrFN7O3. The molecule has 10 nitrogen and oxygen atoms in total. The maximum Gasteiger partial charge on any atom is 0.248 e. The number of carbonyl (C=O) groups is 2. The van der Waals surface area contributed by atoms with Gasteiger partial charge in [-0.3, -0.25) is 9.59 Å². The van der Waals surface area contributed by atoms with E-state index in [1.807, 2.05) is 0 Å². The second-order valence-corrected chi connectivity index (χ2v) is 10.6. The molecule has 1 saturated carbocycles. The van der Waals surface area contributed by atoms with E-state index in [1.54, 1.807) is 27.7 Å². The summed E-state index contributed by atoms with van der Waals surface area (Å²) in [4.78, 5) is 41.5. The molecule has 3 N–H and O–H groups in total. The lowest BCUT2D eigenvalue weighted by Gasteiger charge is -2.27. The Morgan fingerprint density at radius 1 is 1.30 bits per heavy atom. The number of hydrogen-bond acceptors (Lipinski definition) is 7. The molecule has 0 radical (unpaired) electrons. The number of aromatic nitrogens is 4. The van der Waals surface area contributed by atoms with Crippen molar-refractivity contribution in [1.29, 1.82) is 0 Å². The van der Waals surface area contributed by atoms with Crippen molar-refractivity contribution in [2.45, 2.75) is 38.4 Å². The fourth-order valence-electron chi connectivity index (χ4n) is 5.58. The molecule has 2 amide bonds. The van der Waals surface area contributed by atoms with Gasteiger partial charge in [-0.25, -0.2) is 19.3 Å². The zero-order chi connectivity index (χ0) is 26.1. The highest BCUT2D eigenvalue weighted by molar-refractivity contribution is 9.10. The number of likely N-dealkylation sites (tertiary alicyclic amines) is 1. The molecule has 0 spiro atoms. The number of piperidine rings is 1. The van der Waals surface area contributed by atoms with Gasteiger partial charge in [0.05, 0.1) is 18.0 Å². The fourth-order valence-corrected chi connectivity index (χ4v) is 5.92. The Hall–Kier alpha value is -3.80. The molecule has 1 saturated heterocycles. The Morgan fingerprint density at radius 2 is 2.11 bits per heavy atom. The number of ether oxygens (including phenoxy) is 1. The molecule has 1 aliphatic heterocycles. The zero-order valence-electron chi connectivity index (χ0n) is 20.0. The summed E-state index contributed by atoms with van der Waals surface area (Å²) in [6, 6.07) is 7.12. The number of nitrogens with two attached hydrogens (primary N) is 1. The molecule has 1 aromatic carbocycles. The minimum atomic E-state index is -0.649. The van der Waals surface area contributed by atoms with E-state index in [0.29, 0.717) is 38.8 Å². The minimum absolute atomic E-state index is 0.0432. The van der Waals surface area contributed by atoms with Crippen LogP contribution in [0.5, 0.6) is 5.75 Å². The molecule has 2 fully saturated rings. The number of methoxy groups -OCH3 is 1. The number of fused-ring (bicyclic) bond motifs is 4. The third kappa shape index (κ3) is 3.78. The molecule has 4 heterocycles. The van der Waals surface area contributed by atoms with Crippen LogP contribution in [0.25, 0.3) is 21.9 Å². The summed E-state index contributed by atoms with van der Waals surface area (Å²) < 4.78 is 22.1. The molecular weight excluding hydrogens is 545 g/mol. The predicted molar refractivity (Wildman–Crippen MR) is 138 cm³/mol. The minimum Gasteiger partial charge on any atom is -0.494 e. The third-order valence-electron chi connectivity index (χ3n) is 7.40. The molecule has 1 aliphatic carbocycles. The lowest BCUT2D eigenvalue weighted by atomic mass is 10.0. The largest absolute Gasteiger partial charge is 0.494 e. The van der Waals surface area contributed by atoms with Crippen molar-refractivity contribution < 1.29 is 18.7 Å². The number of halogens is 2. The number of rotatable bonds is 5. The zero-order valence-corrected chi connectivity index (χ0v) is 21.6. The maximum atomic E-state index is 14.4. The Labute approximate surface area is 219 Å². The van der Waals surface area contributed by atoms with Gasteiger partial charge in [0, 0.05) is 17.5 Å². The number of nitrogens with one attached hydrogen (secondary N) is 1. The van der Waals surface area contributed by atoms with E-state index < -0.39 is 11.9 Å². The third-order valence-corrected chi connectivity index (χ3v) is 7.84. The molecule has 37 heavy (non-hydrogen) atoms. The van der Waals surface area contributed by atoms with Crippen LogP contribution in [0.2, 0.25) is 0 Å². The van der Waals surface area contributed by atoms with E-state index in [1.165, 1.54) is 25.6 Å². The van der Waals surface area contributed by atoms with Crippen molar-refractivity contribution in [2.24, 2.45) is 5.41 Å². The van der Waals surface area contributed by atoms with E-state index in [0.717, 1.165) is 6.42 Å². The van der Waals surface area contributed by atoms with Crippen LogP contribution < -0.4 is 15.8 Å². The van der Waals surface area contributed by atoms with Crippen LogP contribution >= 0.6 is 15.9 Å². The first-order chi connectivity index (χ1) is 17.7. The van der Waals surface area contributed by atoms with E-state index in [2.05, 4.69) is 43.1 Å². The van der Waals surface area contributed by atoms with Gasteiger partial charge in [0.15, 0.2) is 0 Å². The van der Waals surface area contributed by atoms with Gasteiger partial charge >= 0.3 is 0 Å². The highest BCUT2D eigenvalue weighted by Gasteiger charge is 2.64. The lowest BCUT2D eigenvalue weighted by Crippen LogP contribution is -2.46. The van der Waals surface area contributed by atoms with Gasteiger partial charge in [-0.2, -0.15) is 0 Å². The number of pyridine rings is 1. The first kappa shape index (κ1) is 23.6.